The van der Waals surface area contributed by atoms with Gasteiger partial charge in [-0.05, 0) is 76.5 Å². The minimum atomic E-state index is -0.277. The number of carbonyl (C=O) groups is 2. The van der Waals surface area contributed by atoms with Crippen LogP contribution in [0, 0.1) is 24.7 Å². The zero-order valence-corrected chi connectivity index (χ0v) is 18.1. The molecule has 166 valence electrons. The molecule has 3 amide bonds. The lowest BCUT2D eigenvalue weighted by Gasteiger charge is -2.57. The predicted molar refractivity (Wildman–Crippen MR) is 112 cm³/mol. The largest absolute Gasteiger partial charge is 0.382 e. The van der Waals surface area contributed by atoms with Crippen molar-refractivity contribution in [3.63, 3.8) is 0 Å². The summed E-state index contributed by atoms with van der Waals surface area (Å²) in [6.45, 7) is 5.39. The molecular formula is C22H34N4O4. The molecule has 0 radical (unpaired) electrons. The maximum atomic E-state index is 13.2. The first-order valence-electron chi connectivity index (χ1n) is 11.3. The first-order valence-corrected chi connectivity index (χ1v) is 11.3. The normalized spacial score (nSPS) is 29.1. The second kappa shape index (κ2) is 8.96. The van der Waals surface area contributed by atoms with Gasteiger partial charge in [0.25, 0.3) is 0 Å². The molecule has 0 saturated heterocycles. The van der Waals surface area contributed by atoms with Gasteiger partial charge in [0.1, 0.15) is 12.3 Å². The molecule has 0 spiro atoms. The van der Waals surface area contributed by atoms with Crippen molar-refractivity contribution in [1.29, 1.82) is 0 Å². The maximum absolute atomic E-state index is 13.2. The van der Waals surface area contributed by atoms with Crippen molar-refractivity contribution in [3.8, 4) is 0 Å². The van der Waals surface area contributed by atoms with E-state index in [9.17, 15) is 9.59 Å². The Morgan fingerprint density at radius 1 is 1.23 bits per heavy atom. The Morgan fingerprint density at radius 2 is 1.90 bits per heavy atom. The van der Waals surface area contributed by atoms with Crippen LogP contribution in [0.3, 0.4) is 0 Å². The SMILES string of the molecule is CCOCCCN(CC(=O)Nc1cc(C)on1)C(=O)NC12CC3CC(CC(C3)C1)C2. The van der Waals surface area contributed by atoms with E-state index in [1.165, 1.54) is 19.3 Å². The van der Waals surface area contributed by atoms with E-state index in [0.717, 1.165) is 37.0 Å². The molecule has 1 aromatic heterocycles. The molecule has 0 atom stereocenters. The highest BCUT2D eigenvalue weighted by Crippen LogP contribution is 2.55. The van der Waals surface area contributed by atoms with Crippen LogP contribution in [0.5, 0.6) is 0 Å². The number of nitrogens with one attached hydrogen (secondary N) is 2. The van der Waals surface area contributed by atoms with E-state index in [2.05, 4.69) is 15.8 Å². The van der Waals surface area contributed by atoms with E-state index in [0.29, 0.717) is 37.8 Å². The average molecular weight is 419 g/mol. The molecule has 1 aromatic rings. The Kier molecular flexibility index (Phi) is 6.32. The summed E-state index contributed by atoms with van der Waals surface area (Å²) < 4.78 is 10.4. The van der Waals surface area contributed by atoms with Gasteiger partial charge in [-0.3, -0.25) is 4.79 Å². The van der Waals surface area contributed by atoms with Crippen molar-refractivity contribution in [3.05, 3.63) is 11.8 Å². The molecule has 4 saturated carbocycles. The van der Waals surface area contributed by atoms with E-state index in [-0.39, 0.29) is 24.0 Å². The Bertz CT molecular complexity index is 727. The van der Waals surface area contributed by atoms with Crippen LogP contribution in [0.4, 0.5) is 10.6 Å². The second-order valence-electron chi connectivity index (χ2n) is 9.47. The molecule has 1 heterocycles. The van der Waals surface area contributed by atoms with Crippen LogP contribution in [-0.4, -0.2) is 53.8 Å². The topological polar surface area (TPSA) is 96.7 Å². The van der Waals surface area contributed by atoms with Crippen molar-refractivity contribution < 1.29 is 18.8 Å². The highest BCUT2D eigenvalue weighted by atomic mass is 16.5. The summed E-state index contributed by atoms with van der Waals surface area (Å²) in [5.41, 5.74) is -0.0797. The summed E-state index contributed by atoms with van der Waals surface area (Å²) in [6.07, 6.45) is 7.93. The minimum Gasteiger partial charge on any atom is -0.382 e. The smallest absolute Gasteiger partial charge is 0.318 e. The van der Waals surface area contributed by atoms with Crippen LogP contribution < -0.4 is 10.6 Å². The van der Waals surface area contributed by atoms with Gasteiger partial charge in [0.2, 0.25) is 5.91 Å². The van der Waals surface area contributed by atoms with Gasteiger partial charge in [0.15, 0.2) is 5.82 Å². The molecule has 4 aliphatic carbocycles. The number of urea groups is 1. The molecule has 30 heavy (non-hydrogen) atoms. The third kappa shape index (κ3) is 4.96. The summed E-state index contributed by atoms with van der Waals surface area (Å²) in [4.78, 5) is 27.4. The third-order valence-electron chi connectivity index (χ3n) is 6.85. The van der Waals surface area contributed by atoms with E-state index < -0.39 is 0 Å². The highest BCUT2D eigenvalue weighted by Gasteiger charge is 2.51. The Morgan fingerprint density at radius 3 is 2.47 bits per heavy atom. The van der Waals surface area contributed by atoms with Crippen LogP contribution in [0.2, 0.25) is 0 Å². The van der Waals surface area contributed by atoms with E-state index in [4.69, 9.17) is 9.26 Å². The number of amides is 3. The van der Waals surface area contributed by atoms with Crippen LogP contribution in [0.15, 0.2) is 10.6 Å². The number of carbonyl (C=O) groups excluding carboxylic acids is 2. The van der Waals surface area contributed by atoms with Gasteiger partial charge in [0.05, 0.1) is 0 Å². The lowest BCUT2D eigenvalue weighted by molar-refractivity contribution is -0.117. The number of ether oxygens (including phenoxy) is 1. The predicted octanol–water partition coefficient (Wildman–Crippen LogP) is 3.33. The zero-order valence-electron chi connectivity index (χ0n) is 18.1. The van der Waals surface area contributed by atoms with Crippen LogP contribution in [0.25, 0.3) is 0 Å². The number of rotatable bonds is 9. The average Bonchev–Trinajstić information content (AvgIpc) is 3.07. The van der Waals surface area contributed by atoms with Gasteiger partial charge in [0, 0.05) is 31.4 Å². The van der Waals surface area contributed by atoms with Gasteiger partial charge >= 0.3 is 6.03 Å². The summed E-state index contributed by atoms with van der Waals surface area (Å²) in [7, 11) is 0. The molecule has 8 heteroatoms. The first kappa shape index (κ1) is 21.2. The maximum Gasteiger partial charge on any atom is 0.318 e. The third-order valence-corrected chi connectivity index (χ3v) is 6.85. The van der Waals surface area contributed by atoms with Gasteiger partial charge in [-0.15, -0.1) is 0 Å². The number of hydrogen-bond donors (Lipinski definition) is 2. The van der Waals surface area contributed by atoms with Crippen molar-refractivity contribution in [2.24, 2.45) is 17.8 Å². The second-order valence-corrected chi connectivity index (χ2v) is 9.47. The fourth-order valence-electron chi connectivity index (χ4n) is 6.10. The molecule has 8 nitrogen and oxygen atoms in total. The van der Waals surface area contributed by atoms with E-state index >= 15 is 0 Å². The number of aromatic nitrogens is 1. The molecule has 0 unspecified atom stereocenters. The van der Waals surface area contributed by atoms with Gasteiger partial charge < -0.3 is 24.8 Å². The summed E-state index contributed by atoms with van der Waals surface area (Å²) >= 11 is 0. The first-order chi connectivity index (χ1) is 14.4. The lowest BCUT2D eigenvalue weighted by atomic mass is 9.53. The molecule has 0 aromatic carbocycles. The molecule has 0 aliphatic heterocycles. The zero-order chi connectivity index (χ0) is 21.1. The highest BCUT2D eigenvalue weighted by molar-refractivity contribution is 5.93. The number of nitrogens with zero attached hydrogens (tertiary/aromatic N) is 2. The van der Waals surface area contributed by atoms with E-state index in [1.54, 1.807) is 17.9 Å². The van der Waals surface area contributed by atoms with Crippen LogP contribution in [0.1, 0.15) is 57.6 Å². The molecule has 2 N–H and O–H groups in total. The summed E-state index contributed by atoms with van der Waals surface area (Å²) in [5.74, 6) is 2.97. The minimum absolute atomic E-state index is 0.0176. The van der Waals surface area contributed by atoms with Gasteiger partial charge in [-0.25, -0.2) is 4.79 Å². The van der Waals surface area contributed by atoms with E-state index in [1.807, 2.05) is 6.92 Å². The lowest BCUT2D eigenvalue weighted by Crippen LogP contribution is -2.62. The molecule has 4 fully saturated rings. The van der Waals surface area contributed by atoms with Crippen LogP contribution >= 0.6 is 0 Å². The van der Waals surface area contributed by atoms with Gasteiger partial charge in [-0.2, -0.15) is 0 Å². The van der Waals surface area contributed by atoms with Crippen LogP contribution in [-0.2, 0) is 9.53 Å². The molecule has 5 rings (SSSR count). The summed E-state index contributed by atoms with van der Waals surface area (Å²) in [5, 5.41) is 9.88. The van der Waals surface area contributed by atoms with Crippen molar-refractivity contribution in [1.82, 2.24) is 15.4 Å². The van der Waals surface area contributed by atoms with Crippen molar-refractivity contribution >= 4 is 17.8 Å². The number of anilines is 1. The Hall–Kier alpha value is -2.09. The molecular weight excluding hydrogens is 384 g/mol. The fourth-order valence-corrected chi connectivity index (χ4v) is 6.10. The quantitative estimate of drug-likeness (QED) is 0.600. The van der Waals surface area contributed by atoms with Gasteiger partial charge in [-0.1, -0.05) is 5.16 Å². The molecule has 4 aliphatic rings. The van der Waals surface area contributed by atoms with Crippen molar-refractivity contribution in [2.45, 2.75) is 64.3 Å². The van der Waals surface area contributed by atoms with Crippen molar-refractivity contribution in [2.75, 3.05) is 31.6 Å². The number of aryl methyl sites for hydroxylation is 1. The standard InChI is InChI=1S/C22H34N4O4/c1-3-29-6-4-5-26(14-20(27)23-19-7-15(2)30-25-19)21(28)24-22-11-16-8-17(12-22)10-18(9-16)13-22/h7,16-18H,3-6,8-14H2,1-2H3,(H,24,28)(H,23,25,27). The Balaban J connectivity index is 1.38. The number of hydrogen-bond acceptors (Lipinski definition) is 5. The summed E-state index contributed by atoms with van der Waals surface area (Å²) in [6, 6.07) is 1.52. The molecule has 4 bridgehead atoms. The Labute approximate surface area is 178 Å². The fraction of sp³-hybridized carbons (Fsp3) is 0.773. The monoisotopic (exact) mass is 418 g/mol.